The molecule has 2 saturated heterocycles. The maximum Gasteiger partial charge on any atom is 0.229 e. The van der Waals surface area contributed by atoms with Crippen molar-refractivity contribution >= 4 is 16.6 Å². The number of carbonyl (C=O) groups excluding carboxylic acids is 1. The van der Waals surface area contributed by atoms with Crippen LogP contribution in [0.4, 0.5) is 0 Å². The molecule has 2 aliphatic heterocycles. The minimum atomic E-state index is -1.74. The lowest BCUT2D eigenvalue weighted by atomic mass is 9.96. The molecule has 13 heteroatoms. The van der Waals surface area contributed by atoms with E-state index in [0.29, 0.717) is 16.7 Å². The molecular formula is C25H32O13. The second-order valence-corrected chi connectivity index (χ2v) is 9.41. The summed E-state index contributed by atoms with van der Waals surface area (Å²) in [5.74, 6) is -0.426. The highest BCUT2D eigenvalue weighted by atomic mass is 16.7. The van der Waals surface area contributed by atoms with Crippen LogP contribution in [0.15, 0.2) is 18.2 Å². The summed E-state index contributed by atoms with van der Waals surface area (Å²) in [6.07, 6.45) is -13.8. The van der Waals surface area contributed by atoms with Gasteiger partial charge in [-0.1, -0.05) is 6.07 Å². The number of aromatic hydroxyl groups is 1. The fourth-order valence-corrected chi connectivity index (χ4v) is 4.64. The quantitative estimate of drug-likeness (QED) is 0.204. The summed E-state index contributed by atoms with van der Waals surface area (Å²) in [4.78, 5) is 12.2. The molecule has 13 nitrogen and oxygen atoms in total. The summed E-state index contributed by atoms with van der Waals surface area (Å²) in [6, 6.07) is 4.68. The molecule has 4 rings (SSSR count). The SMILES string of the molecule is COc1cc(O[C@@H]2O[C@H](CO[C@@H]3OC[C@@H](O)[C@H](O)[C@H]3O)[C@@H](O)[C@H](O)[C@H]2O)c2c(O)c(C(C)=O)c(C)cc2c1. The number of benzene rings is 2. The smallest absolute Gasteiger partial charge is 0.229 e. The summed E-state index contributed by atoms with van der Waals surface area (Å²) in [7, 11) is 1.42. The molecule has 0 saturated carbocycles. The Kier molecular flexibility index (Phi) is 8.42. The Balaban J connectivity index is 1.61. The maximum absolute atomic E-state index is 12.2. The lowest BCUT2D eigenvalue weighted by molar-refractivity contribution is -0.307. The Morgan fingerprint density at radius 1 is 0.974 bits per heavy atom. The van der Waals surface area contributed by atoms with Crippen molar-refractivity contribution < 1.29 is 64.2 Å². The average molecular weight is 541 g/mol. The predicted molar refractivity (Wildman–Crippen MR) is 128 cm³/mol. The molecule has 9 atom stereocenters. The Morgan fingerprint density at radius 2 is 1.66 bits per heavy atom. The Labute approximate surface area is 217 Å². The zero-order valence-corrected chi connectivity index (χ0v) is 20.9. The van der Waals surface area contributed by atoms with Gasteiger partial charge in [0.15, 0.2) is 12.1 Å². The van der Waals surface area contributed by atoms with Gasteiger partial charge in [-0.15, -0.1) is 0 Å². The minimum absolute atomic E-state index is 0.0326. The molecule has 38 heavy (non-hydrogen) atoms. The standard InChI is InChI=1S/C25H32O13/c1-9-4-11-5-12(34-3)6-14(17(11)20(30)16(9)10(2)26)37-25-23(33)21(31)19(29)15(38-25)8-36-24-22(32)18(28)13(27)7-35-24/h4-6,13,15,18-19,21-25,27-33H,7-8H2,1-3H3/t13-,15-,18+,19-,21+,22-,23-,24+,25-/m1/s1. The van der Waals surface area contributed by atoms with Crippen LogP contribution < -0.4 is 9.47 Å². The van der Waals surface area contributed by atoms with Crippen LogP contribution in [0.2, 0.25) is 0 Å². The minimum Gasteiger partial charge on any atom is -0.506 e. The van der Waals surface area contributed by atoms with Crippen molar-refractivity contribution in [3.8, 4) is 17.2 Å². The van der Waals surface area contributed by atoms with Gasteiger partial charge in [0.2, 0.25) is 6.29 Å². The first-order chi connectivity index (χ1) is 17.9. The average Bonchev–Trinajstić information content (AvgIpc) is 2.87. The van der Waals surface area contributed by atoms with Gasteiger partial charge in [0.25, 0.3) is 0 Å². The second-order valence-electron chi connectivity index (χ2n) is 9.41. The summed E-state index contributed by atoms with van der Waals surface area (Å²) in [5, 5.41) is 72.5. The van der Waals surface area contributed by atoms with Crippen molar-refractivity contribution in [1.82, 2.24) is 0 Å². The molecule has 0 radical (unpaired) electrons. The van der Waals surface area contributed by atoms with E-state index in [4.69, 9.17) is 23.7 Å². The molecular weight excluding hydrogens is 508 g/mol. The Hall–Kier alpha value is -2.59. The summed E-state index contributed by atoms with van der Waals surface area (Å²) in [5.41, 5.74) is 0.605. The summed E-state index contributed by atoms with van der Waals surface area (Å²) >= 11 is 0. The maximum atomic E-state index is 12.2. The highest BCUT2D eigenvalue weighted by Crippen LogP contribution is 2.42. The van der Waals surface area contributed by atoms with Crippen LogP contribution in [0.3, 0.4) is 0 Å². The molecule has 0 aliphatic carbocycles. The van der Waals surface area contributed by atoms with Crippen molar-refractivity contribution in [2.75, 3.05) is 20.3 Å². The van der Waals surface area contributed by atoms with Crippen LogP contribution in [0.1, 0.15) is 22.8 Å². The largest absolute Gasteiger partial charge is 0.506 e. The van der Waals surface area contributed by atoms with E-state index >= 15 is 0 Å². The van der Waals surface area contributed by atoms with E-state index in [2.05, 4.69) is 0 Å². The number of phenols is 1. The zero-order chi connectivity index (χ0) is 27.9. The Morgan fingerprint density at radius 3 is 2.32 bits per heavy atom. The highest BCUT2D eigenvalue weighted by Gasteiger charge is 2.46. The third-order valence-corrected chi connectivity index (χ3v) is 6.72. The first kappa shape index (κ1) is 28.4. The third-order valence-electron chi connectivity index (χ3n) is 6.72. The van der Waals surface area contributed by atoms with Crippen molar-refractivity contribution in [2.45, 2.75) is 69.2 Å². The van der Waals surface area contributed by atoms with Crippen LogP contribution in [-0.2, 0) is 14.2 Å². The predicted octanol–water partition coefficient (Wildman–Crippen LogP) is -1.29. The van der Waals surface area contributed by atoms with Gasteiger partial charge in [-0.3, -0.25) is 4.79 Å². The van der Waals surface area contributed by atoms with Crippen LogP contribution in [-0.4, -0.2) is 117 Å². The normalized spacial score (nSPS) is 33.8. The fourth-order valence-electron chi connectivity index (χ4n) is 4.64. The number of Topliss-reactive ketones (excluding diaryl/α,β-unsaturated/α-hetero) is 1. The lowest BCUT2D eigenvalue weighted by Crippen LogP contribution is -2.61. The van der Waals surface area contributed by atoms with E-state index in [-0.39, 0.29) is 34.8 Å². The summed E-state index contributed by atoms with van der Waals surface area (Å²) in [6.45, 7) is 2.20. The van der Waals surface area contributed by atoms with Gasteiger partial charge < -0.3 is 59.4 Å². The van der Waals surface area contributed by atoms with Gasteiger partial charge in [0, 0.05) is 6.07 Å². The van der Waals surface area contributed by atoms with Gasteiger partial charge in [-0.25, -0.2) is 0 Å². The number of ketones is 1. The van der Waals surface area contributed by atoms with Gasteiger partial charge in [-0.2, -0.15) is 0 Å². The number of rotatable bonds is 7. The molecule has 2 fully saturated rings. The van der Waals surface area contributed by atoms with E-state index in [1.165, 1.54) is 20.1 Å². The lowest BCUT2D eigenvalue weighted by Gasteiger charge is -2.41. The van der Waals surface area contributed by atoms with E-state index < -0.39 is 61.9 Å². The van der Waals surface area contributed by atoms with Crippen molar-refractivity contribution in [2.24, 2.45) is 0 Å². The van der Waals surface area contributed by atoms with Gasteiger partial charge in [-0.05, 0) is 30.9 Å². The van der Waals surface area contributed by atoms with E-state index in [0.717, 1.165) is 0 Å². The highest BCUT2D eigenvalue weighted by molar-refractivity contribution is 6.07. The zero-order valence-electron chi connectivity index (χ0n) is 20.9. The molecule has 2 heterocycles. The fraction of sp³-hybridized carbons (Fsp3) is 0.560. The van der Waals surface area contributed by atoms with Crippen LogP contribution in [0.25, 0.3) is 10.8 Å². The van der Waals surface area contributed by atoms with E-state index in [1.54, 1.807) is 19.1 Å². The number of aliphatic hydroxyl groups is 6. The number of hydrogen-bond donors (Lipinski definition) is 7. The van der Waals surface area contributed by atoms with Crippen LogP contribution in [0, 0.1) is 6.92 Å². The molecule has 0 unspecified atom stereocenters. The molecule has 2 aliphatic rings. The molecule has 7 N–H and O–H groups in total. The van der Waals surface area contributed by atoms with Crippen molar-refractivity contribution in [3.05, 3.63) is 29.3 Å². The molecule has 0 amide bonds. The second kappa shape index (κ2) is 11.3. The molecule has 2 aromatic rings. The van der Waals surface area contributed by atoms with Crippen LogP contribution >= 0.6 is 0 Å². The van der Waals surface area contributed by atoms with Crippen molar-refractivity contribution in [3.63, 3.8) is 0 Å². The number of aliphatic hydroxyl groups excluding tert-OH is 6. The van der Waals surface area contributed by atoms with Crippen LogP contribution in [0.5, 0.6) is 17.2 Å². The molecule has 0 bridgehead atoms. The number of carbonyl (C=O) groups is 1. The number of ether oxygens (including phenoxy) is 5. The molecule has 210 valence electrons. The van der Waals surface area contributed by atoms with E-state index in [9.17, 15) is 40.5 Å². The first-order valence-electron chi connectivity index (χ1n) is 11.9. The number of phenolic OH excluding ortho intramolecular Hbond substituents is 1. The van der Waals surface area contributed by atoms with Gasteiger partial charge in [0.05, 0.1) is 31.3 Å². The summed E-state index contributed by atoms with van der Waals surface area (Å²) < 4.78 is 27.4. The van der Waals surface area contributed by atoms with Gasteiger partial charge >= 0.3 is 0 Å². The molecule has 0 aromatic heterocycles. The number of methoxy groups -OCH3 is 1. The number of hydrogen-bond acceptors (Lipinski definition) is 13. The molecule has 0 spiro atoms. The van der Waals surface area contributed by atoms with Crippen molar-refractivity contribution in [1.29, 1.82) is 0 Å². The molecule has 2 aromatic carbocycles. The number of aryl methyl sites for hydroxylation is 1. The third kappa shape index (κ3) is 5.30. The first-order valence-corrected chi connectivity index (χ1v) is 11.9. The van der Waals surface area contributed by atoms with E-state index in [1.807, 2.05) is 0 Å². The number of fused-ring (bicyclic) bond motifs is 1. The van der Waals surface area contributed by atoms with Gasteiger partial charge in [0.1, 0.15) is 60.0 Å². The monoisotopic (exact) mass is 540 g/mol. The topological polar surface area (TPSA) is 205 Å². The Bertz CT molecular complexity index is 1170.